The smallest absolute Gasteiger partial charge is 0.255 e. The van der Waals surface area contributed by atoms with Gasteiger partial charge in [0.2, 0.25) is 0 Å². The third-order valence-electron chi connectivity index (χ3n) is 3.87. The fourth-order valence-electron chi connectivity index (χ4n) is 2.58. The number of amides is 1. The second kappa shape index (κ2) is 6.48. The fourth-order valence-corrected chi connectivity index (χ4v) is 2.58. The molecule has 1 heterocycles. The van der Waals surface area contributed by atoms with Gasteiger partial charge in [0.1, 0.15) is 5.75 Å². The van der Waals surface area contributed by atoms with Crippen LogP contribution >= 0.6 is 0 Å². The molecule has 0 saturated carbocycles. The van der Waals surface area contributed by atoms with Gasteiger partial charge in [-0.05, 0) is 47.5 Å². The number of carbonyl (C=O) groups is 1. The average Bonchev–Trinajstić information content (AvgIpc) is 2.61. The molecular formula is C19H18N2O2. The summed E-state index contributed by atoms with van der Waals surface area (Å²) in [5, 5.41) is 5.06. The van der Waals surface area contributed by atoms with Crippen LogP contribution in [-0.2, 0) is 0 Å². The van der Waals surface area contributed by atoms with Crippen molar-refractivity contribution in [2.45, 2.75) is 13.0 Å². The maximum absolute atomic E-state index is 12.6. The van der Waals surface area contributed by atoms with Crippen LogP contribution in [0.4, 0.5) is 0 Å². The standard InChI is InChI=1S/C19H18N2O2/c1-13(14-7-9-20-10-8-14)21-19(22)17-11-15-5-3-4-6-16(15)12-18(17)23-2/h3-13H,1-2H3,(H,21,22). The first-order chi connectivity index (χ1) is 11.2. The maximum Gasteiger partial charge on any atom is 0.255 e. The summed E-state index contributed by atoms with van der Waals surface area (Å²) in [6.45, 7) is 1.95. The Morgan fingerprint density at radius 1 is 1.09 bits per heavy atom. The minimum absolute atomic E-state index is 0.110. The number of hydrogen-bond donors (Lipinski definition) is 1. The highest BCUT2D eigenvalue weighted by Crippen LogP contribution is 2.26. The lowest BCUT2D eigenvalue weighted by molar-refractivity contribution is 0.0937. The molecule has 2 aromatic carbocycles. The fraction of sp³-hybridized carbons (Fsp3) is 0.158. The first-order valence-electron chi connectivity index (χ1n) is 7.46. The van der Waals surface area contributed by atoms with Crippen molar-refractivity contribution in [3.63, 3.8) is 0 Å². The minimum Gasteiger partial charge on any atom is -0.496 e. The Balaban J connectivity index is 1.91. The van der Waals surface area contributed by atoms with Crippen LogP contribution in [0.1, 0.15) is 28.9 Å². The molecule has 0 saturated heterocycles. The number of ether oxygens (including phenoxy) is 1. The number of hydrogen-bond acceptors (Lipinski definition) is 3. The van der Waals surface area contributed by atoms with Crippen LogP contribution in [0, 0.1) is 0 Å². The van der Waals surface area contributed by atoms with Crippen LogP contribution in [-0.4, -0.2) is 18.0 Å². The van der Waals surface area contributed by atoms with Crippen molar-refractivity contribution in [2.24, 2.45) is 0 Å². The molecule has 1 unspecified atom stereocenters. The molecule has 0 aliphatic rings. The van der Waals surface area contributed by atoms with E-state index in [9.17, 15) is 4.79 Å². The summed E-state index contributed by atoms with van der Waals surface area (Å²) >= 11 is 0. The largest absolute Gasteiger partial charge is 0.496 e. The van der Waals surface area contributed by atoms with Crippen molar-refractivity contribution < 1.29 is 9.53 Å². The molecule has 23 heavy (non-hydrogen) atoms. The Morgan fingerprint density at radius 2 is 1.74 bits per heavy atom. The van der Waals surface area contributed by atoms with Crippen LogP contribution in [0.2, 0.25) is 0 Å². The number of nitrogens with one attached hydrogen (secondary N) is 1. The van der Waals surface area contributed by atoms with Crippen LogP contribution in [0.3, 0.4) is 0 Å². The van der Waals surface area contributed by atoms with E-state index in [1.165, 1.54) is 0 Å². The Morgan fingerprint density at radius 3 is 2.39 bits per heavy atom. The van der Waals surface area contributed by atoms with Crippen molar-refractivity contribution in [1.29, 1.82) is 0 Å². The van der Waals surface area contributed by atoms with Gasteiger partial charge in [-0.25, -0.2) is 0 Å². The molecule has 1 atom stereocenters. The molecule has 0 bridgehead atoms. The van der Waals surface area contributed by atoms with Gasteiger partial charge in [-0.1, -0.05) is 24.3 Å². The number of aromatic nitrogens is 1. The number of nitrogens with zero attached hydrogens (tertiary/aromatic N) is 1. The molecule has 1 N–H and O–H groups in total. The molecule has 0 aliphatic carbocycles. The van der Waals surface area contributed by atoms with Crippen molar-refractivity contribution in [3.8, 4) is 5.75 Å². The van der Waals surface area contributed by atoms with Crippen LogP contribution in [0.5, 0.6) is 5.75 Å². The SMILES string of the molecule is COc1cc2ccccc2cc1C(=O)NC(C)c1ccncc1. The molecule has 3 aromatic rings. The molecule has 0 aliphatic heterocycles. The van der Waals surface area contributed by atoms with Gasteiger partial charge in [0.05, 0.1) is 18.7 Å². The van der Waals surface area contributed by atoms with Gasteiger partial charge in [0.15, 0.2) is 0 Å². The molecule has 116 valence electrons. The summed E-state index contributed by atoms with van der Waals surface area (Å²) in [4.78, 5) is 16.6. The lowest BCUT2D eigenvalue weighted by Crippen LogP contribution is -2.27. The van der Waals surface area contributed by atoms with Gasteiger partial charge < -0.3 is 10.1 Å². The van der Waals surface area contributed by atoms with E-state index < -0.39 is 0 Å². The van der Waals surface area contributed by atoms with Crippen LogP contribution in [0.15, 0.2) is 60.9 Å². The Bertz CT molecular complexity index is 831. The van der Waals surface area contributed by atoms with E-state index in [-0.39, 0.29) is 11.9 Å². The van der Waals surface area contributed by atoms with Crippen LogP contribution in [0.25, 0.3) is 10.8 Å². The molecule has 4 nitrogen and oxygen atoms in total. The van der Waals surface area contributed by atoms with Crippen molar-refractivity contribution in [2.75, 3.05) is 7.11 Å². The Hall–Kier alpha value is -2.88. The highest BCUT2D eigenvalue weighted by atomic mass is 16.5. The normalized spacial score (nSPS) is 11.9. The average molecular weight is 306 g/mol. The van der Waals surface area contributed by atoms with Gasteiger partial charge in [0, 0.05) is 12.4 Å². The molecule has 0 spiro atoms. The monoisotopic (exact) mass is 306 g/mol. The molecule has 1 aromatic heterocycles. The van der Waals surface area contributed by atoms with Gasteiger partial charge in [0.25, 0.3) is 5.91 Å². The summed E-state index contributed by atoms with van der Waals surface area (Å²) < 4.78 is 5.39. The number of benzene rings is 2. The Labute approximate surface area is 135 Å². The molecule has 1 amide bonds. The zero-order valence-electron chi connectivity index (χ0n) is 13.1. The number of carbonyl (C=O) groups excluding carboxylic acids is 1. The first-order valence-corrected chi connectivity index (χ1v) is 7.46. The third kappa shape index (κ3) is 3.16. The summed E-state index contributed by atoms with van der Waals surface area (Å²) in [6, 6.07) is 15.3. The van der Waals surface area contributed by atoms with E-state index in [0.717, 1.165) is 16.3 Å². The molecule has 3 rings (SSSR count). The number of pyridine rings is 1. The predicted octanol–water partition coefficient (Wildman–Crippen LogP) is 3.73. The van der Waals surface area contributed by atoms with Crippen molar-refractivity contribution in [3.05, 3.63) is 72.1 Å². The summed E-state index contributed by atoms with van der Waals surface area (Å²) in [5.74, 6) is 0.417. The molecular weight excluding hydrogens is 288 g/mol. The number of fused-ring (bicyclic) bond motifs is 1. The highest BCUT2D eigenvalue weighted by Gasteiger charge is 2.16. The summed E-state index contributed by atoms with van der Waals surface area (Å²) in [6.07, 6.45) is 3.43. The minimum atomic E-state index is -0.156. The number of methoxy groups -OCH3 is 1. The first kappa shape index (κ1) is 15.0. The van der Waals surface area contributed by atoms with Gasteiger partial charge >= 0.3 is 0 Å². The van der Waals surface area contributed by atoms with E-state index in [4.69, 9.17) is 4.74 Å². The molecule has 0 fully saturated rings. The zero-order chi connectivity index (χ0) is 16.2. The van der Waals surface area contributed by atoms with Gasteiger partial charge in [-0.3, -0.25) is 9.78 Å². The zero-order valence-corrected chi connectivity index (χ0v) is 13.1. The second-order valence-electron chi connectivity index (χ2n) is 5.38. The van der Waals surface area contributed by atoms with E-state index in [2.05, 4.69) is 10.3 Å². The Kier molecular flexibility index (Phi) is 4.24. The second-order valence-corrected chi connectivity index (χ2v) is 5.38. The topological polar surface area (TPSA) is 51.2 Å². The van der Waals surface area contributed by atoms with E-state index in [1.54, 1.807) is 19.5 Å². The lowest BCUT2D eigenvalue weighted by Gasteiger charge is -2.16. The van der Waals surface area contributed by atoms with Crippen molar-refractivity contribution >= 4 is 16.7 Å². The highest BCUT2D eigenvalue weighted by molar-refractivity contribution is 6.01. The van der Waals surface area contributed by atoms with Gasteiger partial charge in [-0.15, -0.1) is 0 Å². The van der Waals surface area contributed by atoms with E-state index in [0.29, 0.717) is 11.3 Å². The van der Waals surface area contributed by atoms with Crippen molar-refractivity contribution in [1.82, 2.24) is 10.3 Å². The molecule has 4 heteroatoms. The maximum atomic E-state index is 12.6. The van der Waals surface area contributed by atoms with Gasteiger partial charge in [-0.2, -0.15) is 0 Å². The lowest BCUT2D eigenvalue weighted by atomic mass is 10.0. The predicted molar refractivity (Wildman–Crippen MR) is 90.6 cm³/mol. The quantitative estimate of drug-likeness (QED) is 0.799. The third-order valence-corrected chi connectivity index (χ3v) is 3.87. The molecule has 0 radical (unpaired) electrons. The summed E-state index contributed by atoms with van der Waals surface area (Å²) in [7, 11) is 1.58. The van der Waals surface area contributed by atoms with E-state index >= 15 is 0 Å². The van der Waals surface area contributed by atoms with E-state index in [1.807, 2.05) is 55.5 Å². The summed E-state index contributed by atoms with van der Waals surface area (Å²) in [5.41, 5.74) is 1.54. The van der Waals surface area contributed by atoms with Crippen LogP contribution < -0.4 is 10.1 Å². The number of rotatable bonds is 4.